The third-order valence-electron chi connectivity index (χ3n) is 5.52. The number of hydrogen-bond acceptors (Lipinski definition) is 2. The maximum absolute atomic E-state index is 11.5. The first-order valence-electron chi connectivity index (χ1n) is 9.54. The lowest BCUT2D eigenvalue weighted by atomic mass is 9.68. The van der Waals surface area contributed by atoms with Gasteiger partial charge in [-0.2, -0.15) is 0 Å². The summed E-state index contributed by atoms with van der Waals surface area (Å²) in [5, 5.41) is 0. The summed E-state index contributed by atoms with van der Waals surface area (Å²) < 4.78 is 5.59. The quantitative estimate of drug-likeness (QED) is 0.708. The largest absolute Gasteiger partial charge is 0.442 e. The second kappa shape index (κ2) is 9.07. The molecule has 1 aliphatic carbocycles. The fourth-order valence-corrected chi connectivity index (χ4v) is 4.29. The van der Waals surface area contributed by atoms with Crippen molar-refractivity contribution in [2.24, 2.45) is 29.4 Å². The van der Waals surface area contributed by atoms with E-state index in [1.165, 1.54) is 24.0 Å². The fraction of sp³-hybridized carbons (Fsp3) is 0.591. The summed E-state index contributed by atoms with van der Waals surface area (Å²) >= 11 is 0. The van der Waals surface area contributed by atoms with Crippen molar-refractivity contribution in [3.8, 4) is 0 Å². The Morgan fingerprint density at radius 1 is 1.24 bits per heavy atom. The lowest BCUT2D eigenvalue weighted by molar-refractivity contribution is 0.0278. The zero-order valence-electron chi connectivity index (χ0n) is 16.1. The van der Waals surface area contributed by atoms with Gasteiger partial charge < -0.3 is 10.5 Å². The summed E-state index contributed by atoms with van der Waals surface area (Å²) in [4.78, 5) is 11.5. The standard InChI is InChI=1S/C22H33NO2/c1-15(2)19-11-10-16(3)13-20(19)21(25-22(23)24)14-17(4)12-18-8-6-5-7-9-18/h5-9,14-16,19-21H,10-13H2,1-4H3,(H2,23,24)/b17-14+/t16-,19+,20-,21+/m1/s1. The van der Waals surface area contributed by atoms with E-state index in [1.54, 1.807) is 0 Å². The van der Waals surface area contributed by atoms with Crippen LogP contribution in [0, 0.1) is 23.7 Å². The first-order chi connectivity index (χ1) is 11.9. The van der Waals surface area contributed by atoms with Gasteiger partial charge in [0, 0.05) is 5.92 Å². The van der Waals surface area contributed by atoms with Gasteiger partial charge in [-0.15, -0.1) is 0 Å². The molecule has 1 aromatic rings. The van der Waals surface area contributed by atoms with Crippen LogP contribution in [-0.4, -0.2) is 12.2 Å². The van der Waals surface area contributed by atoms with Crippen LogP contribution in [-0.2, 0) is 11.2 Å². The molecule has 1 aromatic carbocycles. The zero-order valence-corrected chi connectivity index (χ0v) is 16.1. The highest BCUT2D eigenvalue weighted by Crippen LogP contribution is 2.41. The van der Waals surface area contributed by atoms with Crippen LogP contribution >= 0.6 is 0 Å². The van der Waals surface area contributed by atoms with Crippen molar-refractivity contribution >= 4 is 6.09 Å². The number of nitrogens with two attached hydrogens (primary N) is 1. The highest BCUT2D eigenvalue weighted by atomic mass is 16.6. The Labute approximate surface area is 152 Å². The molecule has 4 atom stereocenters. The molecule has 0 saturated heterocycles. The second-order valence-electron chi connectivity index (χ2n) is 8.07. The Morgan fingerprint density at radius 3 is 2.52 bits per heavy atom. The highest BCUT2D eigenvalue weighted by molar-refractivity contribution is 5.65. The number of benzene rings is 1. The molecule has 138 valence electrons. The topological polar surface area (TPSA) is 52.3 Å². The predicted molar refractivity (Wildman–Crippen MR) is 103 cm³/mol. The minimum absolute atomic E-state index is 0.226. The molecule has 0 aromatic heterocycles. The van der Waals surface area contributed by atoms with Gasteiger partial charge in [0.15, 0.2) is 0 Å². The number of rotatable bonds is 6. The van der Waals surface area contributed by atoms with Gasteiger partial charge in [-0.25, -0.2) is 4.79 Å². The van der Waals surface area contributed by atoms with Gasteiger partial charge >= 0.3 is 6.09 Å². The fourth-order valence-electron chi connectivity index (χ4n) is 4.29. The Kier molecular flexibility index (Phi) is 7.10. The van der Waals surface area contributed by atoms with Crippen molar-refractivity contribution in [3.05, 3.63) is 47.5 Å². The van der Waals surface area contributed by atoms with Gasteiger partial charge in [0.2, 0.25) is 0 Å². The molecule has 1 saturated carbocycles. The van der Waals surface area contributed by atoms with Crippen molar-refractivity contribution in [1.29, 1.82) is 0 Å². The van der Waals surface area contributed by atoms with Crippen molar-refractivity contribution in [1.82, 2.24) is 0 Å². The number of carbonyl (C=O) groups excluding carboxylic acids is 1. The summed E-state index contributed by atoms with van der Waals surface area (Å²) in [5.74, 6) is 2.17. The van der Waals surface area contributed by atoms with Gasteiger partial charge in [0.05, 0.1) is 0 Å². The molecule has 1 amide bonds. The second-order valence-corrected chi connectivity index (χ2v) is 8.07. The van der Waals surface area contributed by atoms with Crippen LogP contribution < -0.4 is 5.73 Å². The lowest BCUT2D eigenvalue weighted by Gasteiger charge is -2.40. The van der Waals surface area contributed by atoms with Gasteiger partial charge in [-0.1, -0.05) is 63.1 Å². The number of amides is 1. The molecule has 3 heteroatoms. The Morgan fingerprint density at radius 2 is 1.92 bits per heavy atom. The summed E-state index contributed by atoms with van der Waals surface area (Å²) in [6, 6.07) is 10.4. The zero-order chi connectivity index (χ0) is 18.4. The summed E-state index contributed by atoms with van der Waals surface area (Å²) in [7, 11) is 0. The van der Waals surface area contributed by atoms with Gasteiger partial charge in [0.1, 0.15) is 6.10 Å². The third-order valence-corrected chi connectivity index (χ3v) is 5.52. The average Bonchev–Trinajstić information content (AvgIpc) is 2.54. The van der Waals surface area contributed by atoms with Crippen molar-refractivity contribution < 1.29 is 9.53 Å². The minimum atomic E-state index is -0.672. The van der Waals surface area contributed by atoms with E-state index in [0.717, 1.165) is 12.8 Å². The number of primary amides is 1. The van der Waals surface area contributed by atoms with Crippen LogP contribution in [0.25, 0.3) is 0 Å². The van der Waals surface area contributed by atoms with E-state index < -0.39 is 6.09 Å². The lowest BCUT2D eigenvalue weighted by Crippen LogP contribution is -2.38. The first kappa shape index (κ1) is 19.6. The molecule has 2 N–H and O–H groups in total. The van der Waals surface area contributed by atoms with E-state index in [2.05, 4.69) is 58.0 Å². The van der Waals surface area contributed by atoms with Gasteiger partial charge in [-0.05, 0) is 55.6 Å². The number of hydrogen-bond donors (Lipinski definition) is 1. The normalized spacial score (nSPS) is 25.6. The highest BCUT2D eigenvalue weighted by Gasteiger charge is 2.36. The summed E-state index contributed by atoms with van der Waals surface area (Å²) in [5.41, 5.74) is 7.88. The van der Waals surface area contributed by atoms with Crippen LogP contribution in [0.5, 0.6) is 0 Å². The molecule has 0 unspecified atom stereocenters. The monoisotopic (exact) mass is 343 g/mol. The SMILES string of the molecule is C/C(=C\[C@H](OC(N)=O)[C@@H]1C[C@H](C)CC[C@H]1C(C)C)Cc1ccccc1. The van der Waals surface area contributed by atoms with Crippen LogP contribution in [0.4, 0.5) is 4.79 Å². The molecule has 2 rings (SSSR count). The smallest absolute Gasteiger partial charge is 0.405 e. The third kappa shape index (κ3) is 5.91. The van der Waals surface area contributed by atoms with Crippen molar-refractivity contribution in [3.63, 3.8) is 0 Å². The van der Waals surface area contributed by atoms with E-state index in [1.807, 2.05) is 6.07 Å². The van der Waals surface area contributed by atoms with Crippen molar-refractivity contribution in [2.45, 2.75) is 59.5 Å². The molecule has 1 fully saturated rings. The molecule has 0 bridgehead atoms. The van der Waals surface area contributed by atoms with Gasteiger partial charge in [-0.3, -0.25) is 0 Å². The molecule has 0 spiro atoms. The Bertz CT molecular complexity index is 579. The number of ether oxygens (including phenoxy) is 1. The Balaban J connectivity index is 2.21. The summed E-state index contributed by atoms with van der Waals surface area (Å²) in [6.07, 6.45) is 5.66. The van der Waals surface area contributed by atoms with Crippen LogP contribution in [0.2, 0.25) is 0 Å². The van der Waals surface area contributed by atoms with E-state index >= 15 is 0 Å². The van der Waals surface area contributed by atoms with E-state index in [9.17, 15) is 4.79 Å². The van der Waals surface area contributed by atoms with Crippen LogP contribution in [0.3, 0.4) is 0 Å². The molecule has 25 heavy (non-hydrogen) atoms. The van der Waals surface area contributed by atoms with Crippen molar-refractivity contribution in [2.75, 3.05) is 0 Å². The van der Waals surface area contributed by atoms with E-state index in [4.69, 9.17) is 10.5 Å². The minimum Gasteiger partial charge on any atom is -0.442 e. The van der Waals surface area contributed by atoms with Gasteiger partial charge in [0.25, 0.3) is 0 Å². The molecule has 0 radical (unpaired) electrons. The molecule has 1 aliphatic rings. The summed E-state index contributed by atoms with van der Waals surface area (Å²) in [6.45, 7) is 8.96. The maximum atomic E-state index is 11.5. The van der Waals surface area contributed by atoms with Crippen LogP contribution in [0.15, 0.2) is 42.0 Å². The number of allylic oxidation sites excluding steroid dienone is 1. The Hall–Kier alpha value is -1.77. The molecule has 0 heterocycles. The van der Waals surface area contributed by atoms with E-state index in [0.29, 0.717) is 23.7 Å². The maximum Gasteiger partial charge on any atom is 0.405 e. The van der Waals surface area contributed by atoms with Crippen LogP contribution in [0.1, 0.15) is 52.5 Å². The molecule has 3 nitrogen and oxygen atoms in total. The van der Waals surface area contributed by atoms with E-state index in [-0.39, 0.29) is 6.10 Å². The number of carbonyl (C=O) groups is 1. The molecular weight excluding hydrogens is 310 g/mol. The average molecular weight is 344 g/mol. The molecule has 0 aliphatic heterocycles. The first-order valence-corrected chi connectivity index (χ1v) is 9.54. The predicted octanol–water partition coefficient (Wildman–Crippen LogP) is 5.35. The molecular formula is C22H33NO2.